The van der Waals surface area contributed by atoms with Crippen LogP contribution in [-0.2, 0) is 21.3 Å². The highest BCUT2D eigenvalue weighted by Crippen LogP contribution is 2.18. The molecule has 3 aromatic rings. The summed E-state index contributed by atoms with van der Waals surface area (Å²) in [5, 5.41) is 14.5. The number of tetrazole rings is 1. The second-order valence-electron chi connectivity index (χ2n) is 7.50. The number of carbonyl (C=O) groups excluding carboxylic acids is 1. The summed E-state index contributed by atoms with van der Waals surface area (Å²) in [7, 11) is -3.60. The quantitative estimate of drug-likeness (QED) is 0.592. The van der Waals surface area contributed by atoms with Crippen LogP contribution in [0.3, 0.4) is 0 Å². The third kappa shape index (κ3) is 4.54. The molecule has 1 saturated heterocycles. The number of hydrogen-bond donors (Lipinski definition) is 1. The molecule has 4 rings (SSSR count). The second kappa shape index (κ2) is 9.15. The van der Waals surface area contributed by atoms with E-state index in [4.69, 9.17) is 4.74 Å². The van der Waals surface area contributed by atoms with Gasteiger partial charge in [0.1, 0.15) is 0 Å². The number of aryl methyl sites for hydroxylation is 2. The molecule has 0 atom stereocenters. The van der Waals surface area contributed by atoms with Crippen molar-refractivity contribution in [3.8, 4) is 5.69 Å². The number of nitrogens with zero attached hydrogens (tertiary/aromatic N) is 5. The number of morpholine rings is 1. The van der Waals surface area contributed by atoms with Crippen LogP contribution in [-0.4, -0.2) is 65.1 Å². The molecule has 11 heteroatoms. The number of carbonyl (C=O) groups is 1. The van der Waals surface area contributed by atoms with Gasteiger partial charge in [0.25, 0.3) is 5.91 Å². The smallest absolute Gasteiger partial charge is 0.251 e. The molecule has 0 saturated carbocycles. The van der Waals surface area contributed by atoms with Crippen molar-refractivity contribution in [2.24, 2.45) is 0 Å². The summed E-state index contributed by atoms with van der Waals surface area (Å²) >= 11 is 0. The molecule has 1 amide bonds. The summed E-state index contributed by atoms with van der Waals surface area (Å²) < 4.78 is 33.6. The van der Waals surface area contributed by atoms with Crippen LogP contribution in [0, 0.1) is 13.8 Å². The molecule has 0 bridgehead atoms. The van der Waals surface area contributed by atoms with E-state index in [0.29, 0.717) is 37.7 Å². The average molecular weight is 457 g/mol. The van der Waals surface area contributed by atoms with Crippen LogP contribution in [0.1, 0.15) is 27.3 Å². The summed E-state index contributed by atoms with van der Waals surface area (Å²) in [6, 6.07) is 11.8. The number of benzene rings is 2. The SMILES string of the molecule is Cc1ccc(-n2nnnc2CNC(=O)c2ccc(S(=O)(=O)N3CCOCC3)cc2)cc1C. The molecule has 2 heterocycles. The Morgan fingerprint density at radius 3 is 2.47 bits per heavy atom. The molecule has 0 aliphatic carbocycles. The van der Waals surface area contributed by atoms with Gasteiger partial charge in [-0.05, 0) is 71.8 Å². The molecule has 10 nitrogen and oxygen atoms in total. The van der Waals surface area contributed by atoms with Gasteiger partial charge >= 0.3 is 0 Å². The molecular weight excluding hydrogens is 432 g/mol. The van der Waals surface area contributed by atoms with Crippen LogP contribution in [0.5, 0.6) is 0 Å². The van der Waals surface area contributed by atoms with Gasteiger partial charge in [0.05, 0.1) is 30.3 Å². The van der Waals surface area contributed by atoms with Crippen molar-refractivity contribution in [3.05, 3.63) is 65.0 Å². The van der Waals surface area contributed by atoms with E-state index in [1.165, 1.54) is 28.6 Å². The van der Waals surface area contributed by atoms with Crippen LogP contribution in [0.25, 0.3) is 5.69 Å². The minimum atomic E-state index is -3.60. The monoisotopic (exact) mass is 456 g/mol. The molecule has 168 valence electrons. The Bertz CT molecular complexity index is 1220. The minimum absolute atomic E-state index is 0.118. The van der Waals surface area contributed by atoms with Crippen molar-refractivity contribution in [1.29, 1.82) is 0 Å². The molecule has 0 radical (unpaired) electrons. The third-order valence-electron chi connectivity index (χ3n) is 5.40. The van der Waals surface area contributed by atoms with E-state index in [1.54, 1.807) is 4.68 Å². The first-order valence-corrected chi connectivity index (χ1v) is 11.6. The maximum Gasteiger partial charge on any atom is 0.251 e. The summed E-state index contributed by atoms with van der Waals surface area (Å²) in [5.41, 5.74) is 3.42. The molecular formula is C21H24N6O4S. The lowest BCUT2D eigenvalue weighted by Crippen LogP contribution is -2.40. The summed E-state index contributed by atoms with van der Waals surface area (Å²) in [6.45, 7) is 5.54. The van der Waals surface area contributed by atoms with Gasteiger partial charge in [-0.1, -0.05) is 6.07 Å². The first-order valence-electron chi connectivity index (χ1n) is 10.2. The van der Waals surface area contributed by atoms with Gasteiger partial charge in [-0.25, -0.2) is 8.42 Å². The van der Waals surface area contributed by atoms with Gasteiger partial charge in [-0.3, -0.25) is 4.79 Å². The zero-order valence-corrected chi connectivity index (χ0v) is 18.7. The Labute approximate surface area is 186 Å². The molecule has 1 aliphatic heterocycles. The zero-order chi connectivity index (χ0) is 22.7. The van der Waals surface area contributed by atoms with Gasteiger partial charge in [0.15, 0.2) is 5.82 Å². The molecule has 1 fully saturated rings. The number of sulfonamides is 1. The van der Waals surface area contributed by atoms with Crippen LogP contribution in [0.2, 0.25) is 0 Å². The Morgan fingerprint density at radius 1 is 1.06 bits per heavy atom. The zero-order valence-electron chi connectivity index (χ0n) is 17.9. The van der Waals surface area contributed by atoms with Gasteiger partial charge in [0.2, 0.25) is 10.0 Å². The van der Waals surface area contributed by atoms with Crippen molar-refractivity contribution in [2.45, 2.75) is 25.3 Å². The van der Waals surface area contributed by atoms with E-state index in [-0.39, 0.29) is 17.3 Å². The molecule has 1 aliphatic rings. The summed E-state index contributed by atoms with van der Waals surface area (Å²) in [6.07, 6.45) is 0. The standard InChI is InChI=1S/C21H24N6O4S/c1-15-3-6-18(13-16(15)2)27-20(23-24-25-27)14-22-21(28)17-4-7-19(8-5-17)32(29,30)26-9-11-31-12-10-26/h3-8,13H,9-12,14H2,1-2H3,(H,22,28). The van der Waals surface area contributed by atoms with Gasteiger partial charge in [0, 0.05) is 18.7 Å². The number of ether oxygens (including phenoxy) is 1. The first kappa shape index (κ1) is 22.1. The van der Waals surface area contributed by atoms with E-state index in [0.717, 1.165) is 16.8 Å². The van der Waals surface area contributed by atoms with E-state index in [1.807, 2.05) is 32.0 Å². The first-order chi connectivity index (χ1) is 15.4. The number of amides is 1. The van der Waals surface area contributed by atoms with E-state index < -0.39 is 10.0 Å². The fourth-order valence-corrected chi connectivity index (χ4v) is 4.76. The van der Waals surface area contributed by atoms with E-state index in [9.17, 15) is 13.2 Å². The van der Waals surface area contributed by atoms with Crippen molar-refractivity contribution in [1.82, 2.24) is 29.8 Å². The lowest BCUT2D eigenvalue weighted by atomic mass is 10.1. The average Bonchev–Trinajstić information content (AvgIpc) is 3.28. The van der Waals surface area contributed by atoms with E-state index in [2.05, 4.69) is 20.8 Å². The lowest BCUT2D eigenvalue weighted by Gasteiger charge is -2.26. The molecule has 2 aromatic carbocycles. The Morgan fingerprint density at radius 2 is 1.78 bits per heavy atom. The highest BCUT2D eigenvalue weighted by Gasteiger charge is 2.26. The minimum Gasteiger partial charge on any atom is -0.379 e. The van der Waals surface area contributed by atoms with Crippen molar-refractivity contribution in [2.75, 3.05) is 26.3 Å². The Hall–Kier alpha value is -3.15. The van der Waals surface area contributed by atoms with Crippen LogP contribution in [0.4, 0.5) is 0 Å². The highest BCUT2D eigenvalue weighted by atomic mass is 32.2. The Kier molecular flexibility index (Phi) is 6.31. The fraction of sp³-hybridized carbons (Fsp3) is 0.333. The highest BCUT2D eigenvalue weighted by molar-refractivity contribution is 7.89. The molecule has 0 spiro atoms. The van der Waals surface area contributed by atoms with Crippen LogP contribution >= 0.6 is 0 Å². The normalized spacial score (nSPS) is 14.9. The second-order valence-corrected chi connectivity index (χ2v) is 9.44. The van der Waals surface area contributed by atoms with Crippen molar-refractivity contribution >= 4 is 15.9 Å². The lowest BCUT2D eigenvalue weighted by molar-refractivity contribution is 0.0730. The number of hydrogen-bond acceptors (Lipinski definition) is 7. The predicted octanol–water partition coefficient (Wildman–Crippen LogP) is 1.23. The fourth-order valence-electron chi connectivity index (χ4n) is 3.35. The Balaban J connectivity index is 1.43. The third-order valence-corrected chi connectivity index (χ3v) is 7.31. The maximum absolute atomic E-state index is 12.7. The van der Waals surface area contributed by atoms with Crippen molar-refractivity contribution < 1.29 is 17.9 Å². The molecule has 0 unspecified atom stereocenters. The molecule has 32 heavy (non-hydrogen) atoms. The number of rotatable bonds is 6. The topological polar surface area (TPSA) is 119 Å². The molecule has 1 N–H and O–H groups in total. The number of nitrogens with one attached hydrogen (secondary N) is 1. The van der Waals surface area contributed by atoms with Crippen LogP contribution in [0.15, 0.2) is 47.4 Å². The van der Waals surface area contributed by atoms with Crippen LogP contribution < -0.4 is 5.32 Å². The molecule has 1 aromatic heterocycles. The number of aromatic nitrogens is 4. The van der Waals surface area contributed by atoms with Gasteiger partial charge in [-0.15, -0.1) is 5.10 Å². The largest absolute Gasteiger partial charge is 0.379 e. The predicted molar refractivity (Wildman–Crippen MR) is 116 cm³/mol. The maximum atomic E-state index is 12.7. The van der Waals surface area contributed by atoms with E-state index >= 15 is 0 Å². The van der Waals surface area contributed by atoms with Gasteiger partial charge in [-0.2, -0.15) is 8.99 Å². The van der Waals surface area contributed by atoms with Gasteiger partial charge < -0.3 is 10.1 Å². The van der Waals surface area contributed by atoms with Crippen molar-refractivity contribution in [3.63, 3.8) is 0 Å². The summed E-state index contributed by atoms with van der Waals surface area (Å²) in [4.78, 5) is 12.7. The summed E-state index contributed by atoms with van der Waals surface area (Å²) in [5.74, 6) is 0.128.